The molecule has 2 aromatic rings. The molecule has 0 aliphatic carbocycles. The fourth-order valence-corrected chi connectivity index (χ4v) is 2.92. The van der Waals surface area contributed by atoms with Crippen molar-refractivity contribution in [1.82, 2.24) is 5.32 Å². The van der Waals surface area contributed by atoms with Gasteiger partial charge in [0.15, 0.2) is 5.60 Å². The van der Waals surface area contributed by atoms with E-state index in [1.165, 1.54) is 20.8 Å². The van der Waals surface area contributed by atoms with Crippen LogP contribution < -0.4 is 5.32 Å². The predicted molar refractivity (Wildman–Crippen MR) is 93.6 cm³/mol. The van der Waals surface area contributed by atoms with Gasteiger partial charge in [-0.15, -0.1) is 0 Å². The van der Waals surface area contributed by atoms with Crippen molar-refractivity contribution in [2.45, 2.75) is 32.5 Å². The van der Waals surface area contributed by atoms with Crippen LogP contribution in [0.25, 0.3) is 11.1 Å². The Kier molecular flexibility index (Phi) is 5.75. The molecule has 1 aromatic carbocycles. The zero-order valence-corrected chi connectivity index (χ0v) is 14.7. The molecule has 0 fully saturated rings. The summed E-state index contributed by atoms with van der Waals surface area (Å²) < 4.78 is 4.96. The van der Waals surface area contributed by atoms with Crippen LogP contribution in [0.2, 0.25) is 0 Å². The predicted octanol–water partition coefficient (Wildman–Crippen LogP) is 2.91. The number of thiophene rings is 1. The molecule has 128 valence electrons. The summed E-state index contributed by atoms with van der Waals surface area (Å²) in [4.78, 5) is 23.0. The van der Waals surface area contributed by atoms with Crippen molar-refractivity contribution in [2.75, 3.05) is 6.54 Å². The van der Waals surface area contributed by atoms with Crippen LogP contribution in [0.5, 0.6) is 0 Å². The van der Waals surface area contributed by atoms with Crippen LogP contribution >= 0.6 is 11.3 Å². The number of hydrogen-bond acceptors (Lipinski definition) is 5. The minimum atomic E-state index is -1.27. The van der Waals surface area contributed by atoms with E-state index in [1.807, 2.05) is 35.7 Å². The van der Waals surface area contributed by atoms with Gasteiger partial charge in [0.1, 0.15) is 0 Å². The Bertz CT molecular complexity index is 692. The summed E-state index contributed by atoms with van der Waals surface area (Å²) in [6, 6.07) is 9.58. The molecule has 0 saturated carbocycles. The van der Waals surface area contributed by atoms with Crippen molar-refractivity contribution >= 4 is 23.2 Å². The third-order valence-electron chi connectivity index (χ3n) is 3.55. The maximum Gasteiger partial charge on any atom is 0.303 e. The zero-order valence-electron chi connectivity index (χ0n) is 13.9. The molecular weight excluding hydrogens is 326 g/mol. The van der Waals surface area contributed by atoms with Crippen molar-refractivity contribution in [2.24, 2.45) is 0 Å². The van der Waals surface area contributed by atoms with Gasteiger partial charge < -0.3 is 15.2 Å². The summed E-state index contributed by atoms with van der Waals surface area (Å²) in [6.45, 7) is 4.30. The van der Waals surface area contributed by atoms with Crippen LogP contribution in [0.15, 0.2) is 41.1 Å². The summed E-state index contributed by atoms with van der Waals surface area (Å²) in [6.07, 6.45) is -0.835. The quantitative estimate of drug-likeness (QED) is 0.788. The number of amides is 1. The average molecular weight is 347 g/mol. The first-order valence-corrected chi connectivity index (χ1v) is 8.52. The second kappa shape index (κ2) is 7.59. The third-order valence-corrected chi connectivity index (χ3v) is 4.23. The highest BCUT2D eigenvalue weighted by atomic mass is 32.1. The minimum absolute atomic E-state index is 0.0430. The highest BCUT2D eigenvalue weighted by Gasteiger charge is 2.31. The molecule has 5 nitrogen and oxygen atoms in total. The summed E-state index contributed by atoms with van der Waals surface area (Å²) in [5.74, 6) is -0.980. The van der Waals surface area contributed by atoms with Gasteiger partial charge in [-0.1, -0.05) is 24.3 Å². The van der Waals surface area contributed by atoms with Gasteiger partial charge in [0.2, 0.25) is 0 Å². The number of hydrogen-bond donors (Lipinski definition) is 2. The molecule has 0 bridgehead atoms. The summed E-state index contributed by atoms with van der Waals surface area (Å²) in [5.41, 5.74) is 1.65. The number of esters is 1. The van der Waals surface area contributed by atoms with Crippen molar-refractivity contribution in [3.05, 3.63) is 46.7 Å². The number of carbonyl (C=O) groups excluding carboxylic acids is 2. The largest absolute Gasteiger partial charge is 0.450 e. The highest BCUT2D eigenvalue weighted by molar-refractivity contribution is 7.08. The van der Waals surface area contributed by atoms with Gasteiger partial charge in [0.05, 0.1) is 6.10 Å². The molecule has 2 rings (SSSR count). The molecule has 1 atom stereocenters. The van der Waals surface area contributed by atoms with E-state index in [1.54, 1.807) is 11.3 Å². The molecule has 0 saturated heterocycles. The Hall–Kier alpha value is -2.18. The van der Waals surface area contributed by atoms with E-state index in [0.29, 0.717) is 5.56 Å². The molecule has 1 amide bonds. The van der Waals surface area contributed by atoms with E-state index in [4.69, 9.17) is 4.74 Å². The lowest BCUT2D eigenvalue weighted by Gasteiger charge is -2.24. The van der Waals surface area contributed by atoms with E-state index >= 15 is 0 Å². The molecule has 1 aromatic heterocycles. The molecule has 1 unspecified atom stereocenters. The van der Waals surface area contributed by atoms with Crippen molar-refractivity contribution in [3.63, 3.8) is 0 Å². The van der Waals surface area contributed by atoms with Crippen LogP contribution in [0.4, 0.5) is 0 Å². The third kappa shape index (κ3) is 4.66. The SMILES string of the molecule is CC(=O)OC(C)(C)C(=O)NCC(O)c1ccc(-c2ccsc2)cc1. The Morgan fingerprint density at radius 2 is 1.88 bits per heavy atom. The first-order chi connectivity index (χ1) is 11.3. The second-order valence-electron chi connectivity index (χ2n) is 5.96. The number of aliphatic hydroxyl groups excluding tert-OH is 1. The maximum atomic E-state index is 12.0. The number of nitrogens with one attached hydrogen (secondary N) is 1. The molecule has 24 heavy (non-hydrogen) atoms. The number of aliphatic hydroxyl groups is 1. The first kappa shape index (κ1) is 18.2. The van der Waals surface area contributed by atoms with Gasteiger partial charge in [-0.3, -0.25) is 9.59 Å². The van der Waals surface area contributed by atoms with Gasteiger partial charge in [-0.2, -0.15) is 11.3 Å². The summed E-state index contributed by atoms with van der Waals surface area (Å²) >= 11 is 1.63. The van der Waals surface area contributed by atoms with Crippen molar-refractivity contribution in [3.8, 4) is 11.1 Å². The van der Waals surface area contributed by atoms with E-state index in [0.717, 1.165) is 11.1 Å². The topological polar surface area (TPSA) is 75.6 Å². The lowest BCUT2D eigenvalue weighted by molar-refractivity contribution is -0.163. The Morgan fingerprint density at radius 1 is 1.21 bits per heavy atom. The molecule has 0 radical (unpaired) electrons. The number of ether oxygens (including phenoxy) is 1. The Morgan fingerprint density at radius 3 is 2.42 bits per heavy atom. The number of rotatable bonds is 6. The molecule has 2 N–H and O–H groups in total. The molecule has 0 aliphatic heterocycles. The van der Waals surface area contributed by atoms with Gasteiger partial charge in [-0.25, -0.2) is 0 Å². The Labute approximate surface area is 145 Å². The van der Waals surface area contributed by atoms with Crippen LogP contribution in [0, 0.1) is 0 Å². The standard InChI is InChI=1S/C18H21NO4S/c1-12(20)23-18(2,3)17(22)19-10-16(21)14-6-4-13(5-7-14)15-8-9-24-11-15/h4-9,11,16,21H,10H2,1-3H3,(H,19,22). The van der Waals surface area contributed by atoms with Crippen LogP contribution in [-0.2, 0) is 14.3 Å². The van der Waals surface area contributed by atoms with E-state index in [-0.39, 0.29) is 6.54 Å². The monoisotopic (exact) mass is 347 g/mol. The van der Waals surface area contributed by atoms with Gasteiger partial charge in [-0.05, 0) is 47.4 Å². The van der Waals surface area contributed by atoms with Gasteiger partial charge >= 0.3 is 5.97 Å². The fraction of sp³-hybridized carbons (Fsp3) is 0.333. The molecular formula is C18H21NO4S. The first-order valence-electron chi connectivity index (χ1n) is 7.58. The normalized spacial score (nSPS) is 12.5. The summed E-state index contributed by atoms with van der Waals surface area (Å²) in [5, 5.41) is 16.9. The lowest BCUT2D eigenvalue weighted by Crippen LogP contribution is -2.46. The van der Waals surface area contributed by atoms with E-state index < -0.39 is 23.6 Å². The smallest absolute Gasteiger partial charge is 0.303 e. The molecule has 6 heteroatoms. The van der Waals surface area contributed by atoms with Crippen molar-refractivity contribution in [1.29, 1.82) is 0 Å². The van der Waals surface area contributed by atoms with Crippen molar-refractivity contribution < 1.29 is 19.4 Å². The van der Waals surface area contributed by atoms with E-state index in [9.17, 15) is 14.7 Å². The number of benzene rings is 1. The molecule has 1 heterocycles. The molecule has 0 aliphatic rings. The lowest BCUT2D eigenvalue weighted by atomic mass is 10.0. The highest BCUT2D eigenvalue weighted by Crippen LogP contribution is 2.24. The summed E-state index contributed by atoms with van der Waals surface area (Å²) in [7, 11) is 0. The van der Waals surface area contributed by atoms with E-state index in [2.05, 4.69) is 10.7 Å². The number of carbonyl (C=O) groups is 2. The van der Waals surface area contributed by atoms with Crippen LogP contribution in [-0.4, -0.2) is 29.1 Å². The van der Waals surface area contributed by atoms with Gasteiger partial charge in [0.25, 0.3) is 5.91 Å². The van der Waals surface area contributed by atoms with Gasteiger partial charge in [0, 0.05) is 13.5 Å². The second-order valence-corrected chi connectivity index (χ2v) is 6.74. The maximum absolute atomic E-state index is 12.0. The van der Waals surface area contributed by atoms with Crippen LogP contribution in [0.1, 0.15) is 32.4 Å². The molecule has 0 spiro atoms. The van der Waals surface area contributed by atoms with Crippen LogP contribution in [0.3, 0.4) is 0 Å². The average Bonchev–Trinajstić information content (AvgIpc) is 3.05. The minimum Gasteiger partial charge on any atom is -0.450 e. The zero-order chi connectivity index (χ0) is 17.7. The fourth-order valence-electron chi connectivity index (χ4n) is 2.25. The Balaban J connectivity index is 1.94.